The summed E-state index contributed by atoms with van der Waals surface area (Å²) in [5, 5.41) is 10.0. The maximum atomic E-state index is 12.6. The molecule has 6 nitrogen and oxygen atoms in total. The lowest BCUT2D eigenvalue weighted by molar-refractivity contribution is 0.167. The smallest absolute Gasteiger partial charge is 0.196 e. The molecule has 0 spiro atoms. The molecule has 0 amide bonds. The molecule has 6 heteroatoms. The molecule has 2 aromatic rings. The van der Waals surface area contributed by atoms with Gasteiger partial charge >= 0.3 is 0 Å². The molecule has 0 bridgehead atoms. The van der Waals surface area contributed by atoms with Crippen LogP contribution in [0.5, 0.6) is 11.5 Å². The van der Waals surface area contributed by atoms with Gasteiger partial charge in [-0.2, -0.15) is 0 Å². The van der Waals surface area contributed by atoms with E-state index in [1.807, 2.05) is 7.05 Å². The number of rotatable bonds is 4. The first-order chi connectivity index (χ1) is 11.1. The van der Waals surface area contributed by atoms with E-state index in [1.54, 1.807) is 19.2 Å². The van der Waals surface area contributed by atoms with Gasteiger partial charge in [0.25, 0.3) is 0 Å². The van der Waals surface area contributed by atoms with Gasteiger partial charge in [0.15, 0.2) is 5.43 Å². The van der Waals surface area contributed by atoms with E-state index in [9.17, 15) is 9.90 Å². The Morgan fingerprint density at radius 2 is 2.09 bits per heavy atom. The number of nitrogens with zero attached hydrogens (tertiary/aromatic N) is 1. The van der Waals surface area contributed by atoms with Gasteiger partial charge in [-0.15, -0.1) is 0 Å². The monoisotopic (exact) mass is 319 g/mol. The Morgan fingerprint density at radius 3 is 2.74 bits per heavy atom. The number of methoxy groups -OCH3 is 2. The number of fused-ring (bicyclic) bond motifs is 1. The standard InChI is InChI=1S/C17H21NO5/c1-18-5-4-11(12(18)9-19)14-8-13(20)17-15(22-3)6-10(21-2)7-16(17)23-14/h6-8,11-12,19H,4-5,9H2,1-3H3. The van der Waals surface area contributed by atoms with Gasteiger partial charge in [-0.25, -0.2) is 0 Å². The van der Waals surface area contributed by atoms with Crippen LogP contribution in [-0.4, -0.2) is 50.5 Å². The molecule has 1 aromatic heterocycles. The van der Waals surface area contributed by atoms with Crippen LogP contribution in [0.3, 0.4) is 0 Å². The number of likely N-dealkylation sites (N-methyl/N-ethyl adjacent to an activating group) is 1. The van der Waals surface area contributed by atoms with Gasteiger partial charge in [0.1, 0.15) is 28.2 Å². The van der Waals surface area contributed by atoms with Crippen molar-refractivity contribution in [2.24, 2.45) is 0 Å². The highest BCUT2D eigenvalue weighted by Crippen LogP contribution is 2.35. The van der Waals surface area contributed by atoms with Crippen molar-refractivity contribution in [1.82, 2.24) is 4.90 Å². The number of aliphatic hydroxyl groups is 1. The Morgan fingerprint density at radius 1 is 1.30 bits per heavy atom. The number of ether oxygens (including phenoxy) is 2. The highest BCUT2D eigenvalue weighted by Gasteiger charge is 2.34. The van der Waals surface area contributed by atoms with E-state index >= 15 is 0 Å². The quantitative estimate of drug-likeness (QED) is 0.923. The molecule has 1 aliphatic rings. The van der Waals surface area contributed by atoms with Crippen LogP contribution in [0.25, 0.3) is 11.0 Å². The number of benzene rings is 1. The van der Waals surface area contributed by atoms with E-state index in [0.717, 1.165) is 13.0 Å². The molecular formula is C17H21NO5. The summed E-state index contributed by atoms with van der Waals surface area (Å²) in [6, 6.07) is 4.83. The zero-order valence-electron chi connectivity index (χ0n) is 13.5. The molecule has 2 heterocycles. The van der Waals surface area contributed by atoms with Crippen molar-refractivity contribution in [1.29, 1.82) is 0 Å². The van der Waals surface area contributed by atoms with Crippen LogP contribution < -0.4 is 14.9 Å². The van der Waals surface area contributed by atoms with Crippen molar-refractivity contribution in [2.75, 3.05) is 34.4 Å². The van der Waals surface area contributed by atoms with Crippen LogP contribution in [0.15, 0.2) is 27.4 Å². The lowest BCUT2D eigenvalue weighted by Crippen LogP contribution is -2.32. The predicted octanol–water partition coefficient (Wildman–Crippen LogP) is 1.59. The van der Waals surface area contributed by atoms with E-state index in [2.05, 4.69) is 4.90 Å². The summed E-state index contributed by atoms with van der Waals surface area (Å²) in [5.74, 6) is 1.60. The summed E-state index contributed by atoms with van der Waals surface area (Å²) in [5.41, 5.74) is 0.293. The number of hydrogen-bond acceptors (Lipinski definition) is 6. The fourth-order valence-corrected chi connectivity index (χ4v) is 3.32. The van der Waals surface area contributed by atoms with E-state index in [-0.39, 0.29) is 24.0 Å². The minimum Gasteiger partial charge on any atom is -0.496 e. The Kier molecular flexibility index (Phi) is 4.28. The van der Waals surface area contributed by atoms with Crippen LogP contribution >= 0.6 is 0 Å². The zero-order chi connectivity index (χ0) is 16.6. The van der Waals surface area contributed by atoms with Crippen LogP contribution in [0, 0.1) is 0 Å². The molecule has 1 N–H and O–H groups in total. The van der Waals surface area contributed by atoms with Gasteiger partial charge in [0, 0.05) is 30.2 Å². The fraction of sp³-hybridized carbons (Fsp3) is 0.471. The topological polar surface area (TPSA) is 72.1 Å². The van der Waals surface area contributed by atoms with Gasteiger partial charge in [0.2, 0.25) is 0 Å². The van der Waals surface area contributed by atoms with E-state index in [0.29, 0.717) is 28.2 Å². The molecule has 1 saturated heterocycles. The van der Waals surface area contributed by atoms with Crippen molar-refractivity contribution in [3.8, 4) is 11.5 Å². The van der Waals surface area contributed by atoms with Gasteiger partial charge in [-0.3, -0.25) is 4.79 Å². The second kappa shape index (κ2) is 6.22. The Bertz CT molecular complexity index is 769. The van der Waals surface area contributed by atoms with E-state index < -0.39 is 0 Å². The van der Waals surface area contributed by atoms with Crippen LogP contribution in [0.2, 0.25) is 0 Å². The number of aliphatic hydroxyl groups excluding tert-OH is 1. The maximum Gasteiger partial charge on any atom is 0.196 e. The molecule has 0 saturated carbocycles. The first-order valence-electron chi connectivity index (χ1n) is 7.60. The fourth-order valence-electron chi connectivity index (χ4n) is 3.32. The van der Waals surface area contributed by atoms with Crippen molar-refractivity contribution in [3.05, 3.63) is 34.2 Å². The third-order valence-corrected chi connectivity index (χ3v) is 4.62. The summed E-state index contributed by atoms with van der Waals surface area (Å²) < 4.78 is 16.5. The van der Waals surface area contributed by atoms with Gasteiger partial charge < -0.3 is 23.9 Å². The third kappa shape index (κ3) is 2.68. The number of likely N-dealkylation sites (tertiary alicyclic amines) is 1. The Labute approximate surface area is 134 Å². The highest BCUT2D eigenvalue weighted by molar-refractivity contribution is 5.85. The van der Waals surface area contributed by atoms with Crippen molar-refractivity contribution >= 4 is 11.0 Å². The van der Waals surface area contributed by atoms with Crippen LogP contribution in [0.1, 0.15) is 18.1 Å². The predicted molar refractivity (Wildman–Crippen MR) is 86.4 cm³/mol. The summed E-state index contributed by atoms with van der Waals surface area (Å²) in [7, 11) is 5.03. The SMILES string of the molecule is COc1cc(OC)c2c(=O)cc(C3CCN(C)C3CO)oc2c1. The molecule has 124 valence electrons. The molecule has 23 heavy (non-hydrogen) atoms. The summed E-state index contributed by atoms with van der Waals surface area (Å²) >= 11 is 0. The largest absolute Gasteiger partial charge is 0.496 e. The molecule has 0 aliphatic carbocycles. The van der Waals surface area contributed by atoms with Crippen molar-refractivity contribution in [3.63, 3.8) is 0 Å². The third-order valence-electron chi connectivity index (χ3n) is 4.62. The average molecular weight is 319 g/mol. The van der Waals surface area contributed by atoms with Crippen molar-refractivity contribution in [2.45, 2.75) is 18.4 Å². The van der Waals surface area contributed by atoms with Crippen LogP contribution in [-0.2, 0) is 0 Å². The zero-order valence-corrected chi connectivity index (χ0v) is 13.5. The molecule has 3 rings (SSSR count). The second-order valence-corrected chi connectivity index (χ2v) is 5.84. The van der Waals surface area contributed by atoms with Gasteiger partial charge in [0.05, 0.1) is 20.8 Å². The molecule has 1 aliphatic heterocycles. The maximum absolute atomic E-state index is 12.6. The highest BCUT2D eigenvalue weighted by atomic mass is 16.5. The van der Waals surface area contributed by atoms with Crippen LogP contribution in [0.4, 0.5) is 0 Å². The first kappa shape index (κ1) is 15.8. The Hall–Kier alpha value is -2.05. The summed E-state index contributed by atoms with van der Waals surface area (Å²) in [4.78, 5) is 14.6. The van der Waals surface area contributed by atoms with E-state index in [4.69, 9.17) is 13.9 Å². The molecule has 1 fully saturated rings. The average Bonchev–Trinajstić information content (AvgIpc) is 2.94. The molecule has 2 atom stereocenters. The molecule has 1 aromatic carbocycles. The normalized spacial score (nSPS) is 21.7. The molecular weight excluding hydrogens is 298 g/mol. The number of hydrogen-bond donors (Lipinski definition) is 1. The van der Waals surface area contributed by atoms with Crippen molar-refractivity contribution < 1.29 is 19.0 Å². The summed E-state index contributed by atoms with van der Waals surface area (Å²) in [6.45, 7) is 0.892. The second-order valence-electron chi connectivity index (χ2n) is 5.84. The van der Waals surface area contributed by atoms with E-state index in [1.165, 1.54) is 13.2 Å². The minimum atomic E-state index is -0.146. The van der Waals surface area contributed by atoms with Gasteiger partial charge in [-0.05, 0) is 20.0 Å². The van der Waals surface area contributed by atoms with Gasteiger partial charge in [-0.1, -0.05) is 0 Å². The minimum absolute atomic E-state index is 0.000652. The molecule has 2 unspecified atom stereocenters. The summed E-state index contributed by atoms with van der Waals surface area (Å²) in [6.07, 6.45) is 0.845. The first-order valence-corrected chi connectivity index (χ1v) is 7.60. The lowest BCUT2D eigenvalue weighted by Gasteiger charge is -2.22. The Balaban J connectivity index is 2.16. The molecule has 0 radical (unpaired) electrons. The lowest BCUT2D eigenvalue weighted by atomic mass is 9.97.